The number of fused-ring (bicyclic) bond motifs is 2. The molecule has 0 aromatic heterocycles. The summed E-state index contributed by atoms with van der Waals surface area (Å²) in [4.78, 5) is 11.7. The number of allylic oxidation sites excluding steroid dienone is 2. The Morgan fingerprint density at radius 1 is 1.29 bits per heavy atom. The van der Waals surface area contributed by atoms with E-state index in [2.05, 4.69) is 12.2 Å². The number of hydrogen-bond acceptors (Lipinski definition) is 3. The molecule has 0 aromatic carbocycles. The minimum atomic E-state index is -0.442. The largest absolute Gasteiger partial charge is 0.465 e. The molecule has 2 rings (SSSR count). The van der Waals surface area contributed by atoms with E-state index in [0.29, 0.717) is 24.4 Å². The average Bonchev–Trinajstić information content (AvgIpc) is 2.83. The van der Waals surface area contributed by atoms with Gasteiger partial charge in [0.15, 0.2) is 0 Å². The summed E-state index contributed by atoms with van der Waals surface area (Å²) in [7, 11) is 0. The van der Waals surface area contributed by atoms with Gasteiger partial charge in [-0.05, 0) is 44.9 Å². The first-order chi connectivity index (χ1) is 7.93. The van der Waals surface area contributed by atoms with Gasteiger partial charge in [-0.15, -0.1) is 0 Å². The molecule has 4 unspecified atom stereocenters. The molecular formula is C14H22O3. The number of hydrogen-bond donors (Lipinski definition) is 1. The molecule has 0 heterocycles. The molecule has 2 aliphatic carbocycles. The van der Waals surface area contributed by atoms with Crippen LogP contribution in [0.1, 0.15) is 27.2 Å². The van der Waals surface area contributed by atoms with Crippen LogP contribution in [0.3, 0.4) is 0 Å². The number of aliphatic hydroxyl groups is 1. The molecule has 0 spiro atoms. The molecule has 2 aliphatic rings. The highest BCUT2D eigenvalue weighted by molar-refractivity contribution is 5.75. The molecule has 1 saturated carbocycles. The van der Waals surface area contributed by atoms with Crippen molar-refractivity contribution < 1.29 is 14.6 Å². The molecule has 1 N–H and O–H groups in total. The van der Waals surface area contributed by atoms with Gasteiger partial charge in [-0.3, -0.25) is 4.79 Å². The first kappa shape index (κ1) is 12.6. The number of carbonyl (C=O) groups excluding carboxylic acids is 1. The van der Waals surface area contributed by atoms with Crippen molar-refractivity contribution in [2.45, 2.75) is 27.2 Å². The van der Waals surface area contributed by atoms with Gasteiger partial charge >= 0.3 is 5.97 Å². The van der Waals surface area contributed by atoms with Gasteiger partial charge in [0.2, 0.25) is 0 Å². The normalized spacial score (nSPS) is 35.3. The molecule has 0 saturated heterocycles. The van der Waals surface area contributed by atoms with E-state index in [1.807, 2.05) is 20.8 Å². The lowest BCUT2D eigenvalue weighted by Gasteiger charge is -2.27. The Morgan fingerprint density at radius 2 is 1.88 bits per heavy atom. The summed E-state index contributed by atoms with van der Waals surface area (Å²) < 4.78 is 5.39. The molecule has 1 fully saturated rings. The number of aliphatic hydroxyl groups excluding tert-OH is 1. The molecule has 0 aromatic rings. The maximum atomic E-state index is 11.7. The van der Waals surface area contributed by atoms with Crippen LogP contribution in [-0.4, -0.2) is 24.3 Å². The van der Waals surface area contributed by atoms with Gasteiger partial charge in [0, 0.05) is 12.5 Å². The van der Waals surface area contributed by atoms with Gasteiger partial charge in [-0.2, -0.15) is 0 Å². The Morgan fingerprint density at radius 3 is 2.41 bits per heavy atom. The lowest BCUT2D eigenvalue weighted by molar-refractivity contribution is -0.155. The van der Waals surface area contributed by atoms with E-state index in [9.17, 15) is 9.90 Å². The second kappa shape index (κ2) is 4.45. The number of esters is 1. The van der Waals surface area contributed by atoms with E-state index in [0.717, 1.165) is 6.42 Å². The molecule has 96 valence electrons. The minimum Gasteiger partial charge on any atom is -0.465 e. The molecule has 0 radical (unpaired) electrons. The maximum Gasteiger partial charge on any atom is 0.311 e. The fourth-order valence-electron chi connectivity index (χ4n) is 2.93. The maximum absolute atomic E-state index is 11.7. The van der Waals surface area contributed by atoms with Crippen LogP contribution in [0.2, 0.25) is 0 Å². The third kappa shape index (κ3) is 2.39. The summed E-state index contributed by atoms with van der Waals surface area (Å²) in [5, 5.41) is 9.41. The van der Waals surface area contributed by atoms with Crippen LogP contribution in [0.25, 0.3) is 0 Å². The second-order valence-corrected chi connectivity index (χ2v) is 6.31. The zero-order valence-electron chi connectivity index (χ0n) is 10.8. The van der Waals surface area contributed by atoms with Crippen molar-refractivity contribution in [1.82, 2.24) is 0 Å². The highest BCUT2D eigenvalue weighted by Crippen LogP contribution is 2.47. The summed E-state index contributed by atoms with van der Waals surface area (Å²) in [6, 6.07) is 0. The topological polar surface area (TPSA) is 46.5 Å². The molecule has 2 bridgehead atoms. The van der Waals surface area contributed by atoms with Gasteiger partial charge in [0.1, 0.15) is 0 Å². The van der Waals surface area contributed by atoms with Crippen LogP contribution >= 0.6 is 0 Å². The van der Waals surface area contributed by atoms with Crippen molar-refractivity contribution in [3.05, 3.63) is 12.2 Å². The predicted octanol–water partition coefficient (Wildman–Crippen LogP) is 2.01. The molecule has 17 heavy (non-hydrogen) atoms. The number of carbonyl (C=O) groups is 1. The Kier molecular flexibility index (Phi) is 3.30. The third-order valence-electron chi connectivity index (χ3n) is 4.03. The average molecular weight is 238 g/mol. The zero-order valence-corrected chi connectivity index (χ0v) is 10.8. The molecule has 0 amide bonds. The van der Waals surface area contributed by atoms with Crippen molar-refractivity contribution >= 4 is 5.97 Å². The van der Waals surface area contributed by atoms with E-state index in [4.69, 9.17) is 4.74 Å². The summed E-state index contributed by atoms with van der Waals surface area (Å²) in [5.74, 6) is 1.41. The van der Waals surface area contributed by atoms with Gasteiger partial charge in [-0.1, -0.05) is 12.2 Å². The Balaban J connectivity index is 1.92. The summed E-state index contributed by atoms with van der Waals surface area (Å²) in [6.45, 7) is 6.23. The van der Waals surface area contributed by atoms with E-state index < -0.39 is 5.41 Å². The van der Waals surface area contributed by atoms with E-state index >= 15 is 0 Å². The SMILES string of the molecule is CC(C)(C)C(=O)OCC1C2C=CC(C2)C1CO. The summed E-state index contributed by atoms with van der Waals surface area (Å²) in [5.41, 5.74) is -0.442. The van der Waals surface area contributed by atoms with Crippen molar-refractivity contribution in [3.8, 4) is 0 Å². The van der Waals surface area contributed by atoms with Crippen LogP contribution in [-0.2, 0) is 9.53 Å². The molecular weight excluding hydrogens is 216 g/mol. The standard InChI is InChI=1S/C14H22O3/c1-14(2,3)13(16)17-8-12-10-5-4-9(6-10)11(12)7-15/h4-5,9-12,15H,6-8H2,1-3H3. The molecule has 4 atom stereocenters. The third-order valence-corrected chi connectivity index (χ3v) is 4.03. The zero-order chi connectivity index (χ0) is 12.6. The Hall–Kier alpha value is -0.830. The highest BCUT2D eigenvalue weighted by Gasteiger charge is 2.44. The monoisotopic (exact) mass is 238 g/mol. The lowest BCUT2D eigenvalue weighted by Crippen LogP contribution is -2.31. The smallest absolute Gasteiger partial charge is 0.311 e. The quantitative estimate of drug-likeness (QED) is 0.604. The fourth-order valence-corrected chi connectivity index (χ4v) is 2.93. The minimum absolute atomic E-state index is 0.152. The first-order valence-corrected chi connectivity index (χ1v) is 6.40. The van der Waals surface area contributed by atoms with Gasteiger partial charge in [0.25, 0.3) is 0 Å². The van der Waals surface area contributed by atoms with Gasteiger partial charge in [-0.25, -0.2) is 0 Å². The van der Waals surface area contributed by atoms with Crippen molar-refractivity contribution in [3.63, 3.8) is 0 Å². The molecule has 3 nitrogen and oxygen atoms in total. The van der Waals surface area contributed by atoms with Crippen molar-refractivity contribution in [2.24, 2.45) is 29.1 Å². The van der Waals surface area contributed by atoms with E-state index in [1.54, 1.807) is 0 Å². The molecule has 3 heteroatoms. The highest BCUT2D eigenvalue weighted by atomic mass is 16.5. The van der Waals surface area contributed by atoms with Crippen LogP contribution < -0.4 is 0 Å². The second-order valence-electron chi connectivity index (χ2n) is 6.31. The fraction of sp³-hybridized carbons (Fsp3) is 0.786. The van der Waals surface area contributed by atoms with Crippen molar-refractivity contribution in [1.29, 1.82) is 0 Å². The van der Waals surface area contributed by atoms with Crippen LogP contribution in [0.5, 0.6) is 0 Å². The van der Waals surface area contributed by atoms with Crippen LogP contribution in [0.4, 0.5) is 0 Å². The van der Waals surface area contributed by atoms with E-state index in [-0.39, 0.29) is 18.5 Å². The Labute approximate surface area is 103 Å². The lowest BCUT2D eigenvalue weighted by atomic mass is 9.84. The van der Waals surface area contributed by atoms with Crippen LogP contribution in [0, 0.1) is 29.1 Å². The molecule has 0 aliphatic heterocycles. The summed E-state index contributed by atoms with van der Waals surface area (Å²) >= 11 is 0. The summed E-state index contributed by atoms with van der Waals surface area (Å²) in [6.07, 6.45) is 5.53. The van der Waals surface area contributed by atoms with Gasteiger partial charge in [0.05, 0.1) is 12.0 Å². The number of ether oxygens (including phenoxy) is 1. The van der Waals surface area contributed by atoms with E-state index in [1.165, 1.54) is 0 Å². The van der Waals surface area contributed by atoms with Crippen LogP contribution in [0.15, 0.2) is 12.2 Å². The first-order valence-electron chi connectivity index (χ1n) is 6.40. The number of rotatable bonds is 3. The van der Waals surface area contributed by atoms with Crippen molar-refractivity contribution in [2.75, 3.05) is 13.2 Å². The Bertz CT molecular complexity index is 327. The predicted molar refractivity (Wildman–Crippen MR) is 65.2 cm³/mol. The van der Waals surface area contributed by atoms with Gasteiger partial charge < -0.3 is 9.84 Å².